The summed E-state index contributed by atoms with van der Waals surface area (Å²) in [5.74, 6) is 12.8. The summed E-state index contributed by atoms with van der Waals surface area (Å²) in [5.41, 5.74) is 6.22. The third-order valence-electron chi connectivity index (χ3n) is 4.84. The molecule has 0 radical (unpaired) electrons. The van der Waals surface area contributed by atoms with Crippen LogP contribution < -0.4 is 0 Å². The molecule has 0 atom stereocenters. The van der Waals surface area contributed by atoms with Gasteiger partial charge in [0.25, 0.3) is 0 Å². The Balaban J connectivity index is 1.26. The first kappa shape index (κ1) is 23.1. The first-order valence-electron chi connectivity index (χ1n) is 10.4. The molecule has 0 saturated carbocycles. The molecule has 0 aliphatic rings. The Kier molecular flexibility index (Phi) is 8.18. The Morgan fingerprint density at radius 2 is 0.697 bits per heavy atom. The number of halogens is 2. The molecule has 4 rings (SSSR count). The van der Waals surface area contributed by atoms with Gasteiger partial charge in [-0.25, -0.2) is 0 Å². The summed E-state index contributed by atoms with van der Waals surface area (Å²) in [6.07, 6.45) is 0. The molecule has 33 heavy (non-hydrogen) atoms. The molecular formula is C30H20Br2O. The standard InChI is InChI=1S/C30H20Br2O/c31-29-17-13-25(14-18-29)3-1-23-5-9-27(10-6-23)21-33-22-28-11-7-24(8-12-28)2-4-26-15-19-30(32)20-16-26/h5-20H,21-22H2. The largest absolute Gasteiger partial charge is 0.372 e. The minimum atomic E-state index is 0.561. The molecule has 3 heteroatoms. The van der Waals surface area contributed by atoms with Gasteiger partial charge in [0.05, 0.1) is 13.2 Å². The maximum Gasteiger partial charge on any atom is 0.0721 e. The smallest absolute Gasteiger partial charge is 0.0721 e. The van der Waals surface area contributed by atoms with E-state index in [1.807, 2.05) is 72.8 Å². The predicted octanol–water partition coefficient (Wildman–Crippen LogP) is 7.73. The van der Waals surface area contributed by atoms with Crippen LogP contribution in [0.5, 0.6) is 0 Å². The van der Waals surface area contributed by atoms with Gasteiger partial charge in [-0.2, -0.15) is 0 Å². The zero-order chi connectivity index (χ0) is 22.9. The van der Waals surface area contributed by atoms with Crippen molar-refractivity contribution in [2.75, 3.05) is 0 Å². The van der Waals surface area contributed by atoms with Crippen molar-refractivity contribution in [2.45, 2.75) is 13.2 Å². The summed E-state index contributed by atoms with van der Waals surface area (Å²) in [4.78, 5) is 0. The zero-order valence-electron chi connectivity index (χ0n) is 17.8. The molecule has 0 aliphatic carbocycles. The molecule has 0 unspecified atom stereocenters. The molecule has 0 spiro atoms. The molecule has 0 amide bonds. The van der Waals surface area contributed by atoms with Crippen LogP contribution in [0.25, 0.3) is 0 Å². The van der Waals surface area contributed by atoms with E-state index in [9.17, 15) is 0 Å². The van der Waals surface area contributed by atoms with Crippen LogP contribution in [0, 0.1) is 23.7 Å². The molecule has 1 nitrogen and oxygen atoms in total. The lowest BCUT2D eigenvalue weighted by Crippen LogP contribution is -1.94. The van der Waals surface area contributed by atoms with Crippen LogP contribution in [0.3, 0.4) is 0 Å². The second-order valence-electron chi connectivity index (χ2n) is 7.40. The Morgan fingerprint density at radius 3 is 1.00 bits per heavy atom. The summed E-state index contributed by atoms with van der Waals surface area (Å²) in [6, 6.07) is 32.4. The minimum absolute atomic E-state index is 0.561. The quantitative estimate of drug-likeness (QED) is 0.234. The lowest BCUT2D eigenvalue weighted by atomic mass is 10.1. The van der Waals surface area contributed by atoms with Crippen molar-refractivity contribution in [3.8, 4) is 23.7 Å². The van der Waals surface area contributed by atoms with Crippen molar-refractivity contribution >= 4 is 31.9 Å². The molecule has 0 aromatic heterocycles. The van der Waals surface area contributed by atoms with Crippen molar-refractivity contribution < 1.29 is 4.74 Å². The molecular weight excluding hydrogens is 536 g/mol. The number of ether oxygens (including phenoxy) is 1. The Bertz CT molecular complexity index is 1210. The SMILES string of the molecule is Brc1ccc(C#Cc2ccc(COCc3ccc(C#Cc4ccc(Br)cc4)cc3)cc2)cc1. The third kappa shape index (κ3) is 7.48. The fourth-order valence-corrected chi connectivity index (χ4v) is 3.54. The lowest BCUT2D eigenvalue weighted by Gasteiger charge is -2.05. The van der Waals surface area contributed by atoms with E-state index in [1.54, 1.807) is 0 Å². The van der Waals surface area contributed by atoms with E-state index in [0.29, 0.717) is 13.2 Å². The highest BCUT2D eigenvalue weighted by molar-refractivity contribution is 9.10. The summed E-state index contributed by atoms with van der Waals surface area (Å²) in [5, 5.41) is 0. The number of rotatable bonds is 4. The van der Waals surface area contributed by atoms with Crippen molar-refractivity contribution in [3.05, 3.63) is 139 Å². The molecule has 0 saturated heterocycles. The van der Waals surface area contributed by atoms with Gasteiger partial charge in [0, 0.05) is 31.2 Å². The van der Waals surface area contributed by atoms with Crippen LogP contribution in [-0.2, 0) is 18.0 Å². The van der Waals surface area contributed by atoms with Crippen LogP contribution in [-0.4, -0.2) is 0 Å². The first-order valence-corrected chi connectivity index (χ1v) is 12.0. The van der Waals surface area contributed by atoms with Gasteiger partial charge in [0.15, 0.2) is 0 Å². The molecule has 0 heterocycles. The monoisotopic (exact) mass is 554 g/mol. The highest BCUT2D eigenvalue weighted by Gasteiger charge is 1.97. The molecule has 0 N–H and O–H groups in total. The first-order chi connectivity index (χ1) is 16.1. The molecule has 4 aromatic rings. The maximum atomic E-state index is 5.89. The van der Waals surface area contributed by atoms with Crippen LogP contribution in [0.2, 0.25) is 0 Å². The molecule has 4 aromatic carbocycles. The summed E-state index contributed by atoms with van der Waals surface area (Å²) < 4.78 is 7.99. The topological polar surface area (TPSA) is 9.23 Å². The molecule has 0 bridgehead atoms. The van der Waals surface area contributed by atoms with E-state index >= 15 is 0 Å². The maximum absolute atomic E-state index is 5.89. The second-order valence-corrected chi connectivity index (χ2v) is 9.23. The zero-order valence-corrected chi connectivity index (χ0v) is 21.0. The van der Waals surface area contributed by atoms with Gasteiger partial charge in [0.1, 0.15) is 0 Å². The lowest BCUT2D eigenvalue weighted by molar-refractivity contribution is 0.107. The van der Waals surface area contributed by atoms with Crippen LogP contribution in [0.1, 0.15) is 33.4 Å². The van der Waals surface area contributed by atoms with Crippen molar-refractivity contribution in [3.63, 3.8) is 0 Å². The number of benzene rings is 4. The van der Waals surface area contributed by atoms with E-state index in [-0.39, 0.29) is 0 Å². The van der Waals surface area contributed by atoms with Gasteiger partial charge in [-0.05, 0) is 83.9 Å². The highest BCUT2D eigenvalue weighted by atomic mass is 79.9. The van der Waals surface area contributed by atoms with E-state index in [4.69, 9.17) is 4.74 Å². The number of hydrogen-bond acceptors (Lipinski definition) is 1. The van der Waals surface area contributed by atoms with Gasteiger partial charge in [-0.15, -0.1) is 0 Å². The predicted molar refractivity (Wildman–Crippen MR) is 142 cm³/mol. The Morgan fingerprint density at radius 1 is 0.424 bits per heavy atom. The van der Waals surface area contributed by atoms with E-state index in [2.05, 4.69) is 79.8 Å². The van der Waals surface area contributed by atoms with Crippen molar-refractivity contribution in [1.29, 1.82) is 0 Å². The van der Waals surface area contributed by atoms with E-state index < -0.39 is 0 Å². The average molecular weight is 556 g/mol. The van der Waals surface area contributed by atoms with Gasteiger partial charge in [0.2, 0.25) is 0 Å². The third-order valence-corrected chi connectivity index (χ3v) is 5.89. The van der Waals surface area contributed by atoms with Crippen molar-refractivity contribution in [1.82, 2.24) is 0 Å². The van der Waals surface area contributed by atoms with Crippen LogP contribution >= 0.6 is 31.9 Å². The van der Waals surface area contributed by atoms with Gasteiger partial charge in [-0.3, -0.25) is 0 Å². The molecule has 160 valence electrons. The summed E-state index contributed by atoms with van der Waals surface area (Å²) in [7, 11) is 0. The Labute approximate surface area is 212 Å². The Hall–Kier alpha value is -3.08. The molecule has 0 aliphatic heterocycles. The van der Waals surface area contributed by atoms with Gasteiger partial charge in [-0.1, -0.05) is 79.8 Å². The van der Waals surface area contributed by atoms with Gasteiger partial charge >= 0.3 is 0 Å². The second kappa shape index (κ2) is 11.7. The molecule has 0 fully saturated rings. The highest BCUT2D eigenvalue weighted by Crippen LogP contribution is 2.12. The summed E-state index contributed by atoms with van der Waals surface area (Å²) >= 11 is 6.87. The van der Waals surface area contributed by atoms with Gasteiger partial charge < -0.3 is 4.74 Å². The van der Waals surface area contributed by atoms with Crippen molar-refractivity contribution in [2.24, 2.45) is 0 Å². The van der Waals surface area contributed by atoms with Crippen LogP contribution in [0.4, 0.5) is 0 Å². The average Bonchev–Trinajstić information content (AvgIpc) is 2.85. The van der Waals surface area contributed by atoms with E-state index in [0.717, 1.165) is 42.3 Å². The fraction of sp³-hybridized carbons (Fsp3) is 0.0667. The normalized spacial score (nSPS) is 10.0. The summed E-state index contributed by atoms with van der Waals surface area (Å²) in [6.45, 7) is 1.12. The van der Waals surface area contributed by atoms with E-state index in [1.165, 1.54) is 0 Å². The fourth-order valence-electron chi connectivity index (χ4n) is 3.01. The number of hydrogen-bond donors (Lipinski definition) is 0. The van der Waals surface area contributed by atoms with Crippen LogP contribution in [0.15, 0.2) is 106 Å². The minimum Gasteiger partial charge on any atom is -0.372 e.